The fourth-order valence-electron chi connectivity index (χ4n) is 2.78. The monoisotopic (exact) mass is 320 g/mol. The van der Waals surface area contributed by atoms with Crippen LogP contribution in [0.1, 0.15) is 12.0 Å². The number of carboxylic acids is 1. The number of benzene rings is 1. The number of H-pyrrole nitrogens is 1. The molecule has 2 atom stereocenters. The molecule has 2 aromatic rings. The Labute approximate surface area is 131 Å². The normalized spacial score (nSPS) is 18.9. The molecule has 1 amide bonds. The second kappa shape index (κ2) is 6.37. The van der Waals surface area contributed by atoms with Crippen molar-refractivity contribution in [2.24, 2.45) is 5.92 Å². The molecule has 0 unspecified atom stereocenters. The van der Waals surface area contributed by atoms with Gasteiger partial charge in [0.05, 0.1) is 12.5 Å². The summed E-state index contributed by atoms with van der Waals surface area (Å²) in [6.45, 7) is 0.842. The van der Waals surface area contributed by atoms with Gasteiger partial charge in [0.2, 0.25) is 5.91 Å². The largest absolute Gasteiger partial charge is 0.480 e. The van der Waals surface area contributed by atoms with Gasteiger partial charge in [-0.1, -0.05) is 0 Å². The number of rotatable bonds is 5. The fourth-order valence-corrected chi connectivity index (χ4v) is 2.78. The third-order valence-corrected chi connectivity index (χ3v) is 4.07. The van der Waals surface area contributed by atoms with Gasteiger partial charge in [-0.05, 0) is 30.2 Å². The first-order valence-corrected chi connectivity index (χ1v) is 7.41. The third kappa shape index (κ3) is 3.34. The Morgan fingerprint density at radius 3 is 3.00 bits per heavy atom. The smallest absolute Gasteiger partial charge is 0.326 e. The summed E-state index contributed by atoms with van der Waals surface area (Å²) >= 11 is 0. The molecule has 1 aromatic heterocycles. The number of hydrogen-bond donors (Lipinski definition) is 3. The van der Waals surface area contributed by atoms with Crippen molar-refractivity contribution in [1.29, 1.82) is 0 Å². The number of aliphatic carboxylic acids is 1. The average Bonchev–Trinajstić information content (AvgIpc) is 3.16. The maximum atomic E-state index is 13.2. The van der Waals surface area contributed by atoms with E-state index in [1.165, 1.54) is 12.1 Å². The van der Waals surface area contributed by atoms with Crippen LogP contribution in [0.25, 0.3) is 10.9 Å². The molecule has 1 saturated heterocycles. The predicted molar refractivity (Wildman–Crippen MR) is 80.5 cm³/mol. The summed E-state index contributed by atoms with van der Waals surface area (Å²) < 4.78 is 18.3. The van der Waals surface area contributed by atoms with Gasteiger partial charge in [-0.3, -0.25) is 4.79 Å². The van der Waals surface area contributed by atoms with Gasteiger partial charge < -0.3 is 20.1 Å². The highest BCUT2D eigenvalue weighted by Crippen LogP contribution is 2.21. The molecule has 1 fully saturated rings. The number of aromatic nitrogens is 1. The number of aromatic amines is 1. The molecule has 0 radical (unpaired) electrons. The van der Waals surface area contributed by atoms with Crippen LogP contribution >= 0.6 is 0 Å². The van der Waals surface area contributed by atoms with Crippen molar-refractivity contribution in [2.45, 2.75) is 18.9 Å². The summed E-state index contributed by atoms with van der Waals surface area (Å²) in [4.78, 5) is 26.5. The maximum Gasteiger partial charge on any atom is 0.326 e. The maximum absolute atomic E-state index is 13.2. The first kappa shape index (κ1) is 15.5. The Morgan fingerprint density at radius 2 is 2.30 bits per heavy atom. The molecule has 23 heavy (non-hydrogen) atoms. The van der Waals surface area contributed by atoms with Crippen molar-refractivity contribution in [1.82, 2.24) is 10.3 Å². The molecule has 0 bridgehead atoms. The van der Waals surface area contributed by atoms with Gasteiger partial charge in [-0.2, -0.15) is 0 Å². The Morgan fingerprint density at radius 1 is 1.48 bits per heavy atom. The third-order valence-electron chi connectivity index (χ3n) is 4.07. The summed E-state index contributed by atoms with van der Waals surface area (Å²) in [7, 11) is 0. The van der Waals surface area contributed by atoms with Crippen molar-refractivity contribution in [3.05, 3.63) is 35.8 Å². The second-order valence-electron chi connectivity index (χ2n) is 5.67. The van der Waals surface area contributed by atoms with Crippen LogP contribution in [0.5, 0.6) is 0 Å². The first-order valence-electron chi connectivity index (χ1n) is 7.41. The van der Waals surface area contributed by atoms with E-state index in [0.29, 0.717) is 25.2 Å². The minimum absolute atomic E-state index is 0.125. The van der Waals surface area contributed by atoms with Crippen LogP contribution in [0.15, 0.2) is 24.4 Å². The minimum atomic E-state index is -1.10. The van der Waals surface area contributed by atoms with Crippen molar-refractivity contribution < 1.29 is 23.8 Å². The molecule has 2 heterocycles. The Hall–Kier alpha value is -2.41. The zero-order valence-electron chi connectivity index (χ0n) is 12.3. The van der Waals surface area contributed by atoms with E-state index >= 15 is 0 Å². The van der Waals surface area contributed by atoms with Crippen LogP contribution in [-0.4, -0.2) is 41.2 Å². The standard InChI is InChI=1S/C16H17FN2O4/c17-11-1-2-12-10(7-18-13(12)6-11)5-14(16(21)22)19-15(20)9-3-4-23-8-9/h1-2,6-7,9,14,18H,3-5,8H2,(H,19,20)(H,21,22)/t9-,14+/m1/s1. The number of nitrogens with one attached hydrogen (secondary N) is 2. The van der Waals surface area contributed by atoms with E-state index in [-0.39, 0.29) is 24.1 Å². The van der Waals surface area contributed by atoms with Crippen LogP contribution in [0.4, 0.5) is 4.39 Å². The van der Waals surface area contributed by atoms with E-state index in [1.807, 2.05) is 0 Å². The lowest BCUT2D eigenvalue weighted by molar-refractivity contribution is -0.142. The van der Waals surface area contributed by atoms with E-state index in [9.17, 15) is 19.1 Å². The SMILES string of the molecule is O=C(N[C@@H](Cc1c[nH]c2cc(F)ccc12)C(=O)O)[C@@H]1CCOC1. The van der Waals surface area contributed by atoms with E-state index in [1.54, 1.807) is 12.3 Å². The molecule has 0 saturated carbocycles. The molecule has 1 aliphatic rings. The van der Waals surface area contributed by atoms with Crippen LogP contribution in [0.3, 0.4) is 0 Å². The van der Waals surface area contributed by atoms with Gasteiger partial charge in [0.15, 0.2) is 0 Å². The zero-order chi connectivity index (χ0) is 16.4. The number of carbonyl (C=O) groups excluding carboxylic acids is 1. The van der Waals surface area contributed by atoms with Crippen molar-refractivity contribution in [2.75, 3.05) is 13.2 Å². The molecule has 1 aliphatic heterocycles. The molecule has 3 rings (SSSR count). The summed E-state index contributed by atoms with van der Waals surface area (Å²) in [5.74, 6) is -2.07. The number of carbonyl (C=O) groups is 2. The molecule has 0 spiro atoms. The van der Waals surface area contributed by atoms with Crippen molar-refractivity contribution in [3.63, 3.8) is 0 Å². The van der Waals surface area contributed by atoms with Gasteiger partial charge in [-0.15, -0.1) is 0 Å². The van der Waals surface area contributed by atoms with E-state index in [0.717, 1.165) is 10.9 Å². The van der Waals surface area contributed by atoms with Gasteiger partial charge in [-0.25, -0.2) is 9.18 Å². The lowest BCUT2D eigenvalue weighted by atomic mass is 10.0. The molecule has 6 nitrogen and oxygen atoms in total. The molecule has 0 aliphatic carbocycles. The average molecular weight is 320 g/mol. The Bertz CT molecular complexity index is 737. The fraction of sp³-hybridized carbons (Fsp3) is 0.375. The highest BCUT2D eigenvalue weighted by Gasteiger charge is 2.28. The molecule has 1 aromatic carbocycles. The van der Waals surface area contributed by atoms with Gasteiger partial charge in [0.1, 0.15) is 11.9 Å². The second-order valence-corrected chi connectivity index (χ2v) is 5.67. The molecule has 7 heteroatoms. The van der Waals surface area contributed by atoms with Gasteiger partial charge in [0.25, 0.3) is 0 Å². The summed E-state index contributed by atoms with van der Waals surface area (Å²) in [5.41, 5.74) is 1.31. The molecule has 122 valence electrons. The topological polar surface area (TPSA) is 91.4 Å². The lowest BCUT2D eigenvalue weighted by Crippen LogP contribution is -2.45. The van der Waals surface area contributed by atoms with Crippen LogP contribution in [0, 0.1) is 11.7 Å². The summed E-state index contributed by atoms with van der Waals surface area (Å²) in [6.07, 6.45) is 2.37. The van der Waals surface area contributed by atoms with Crippen molar-refractivity contribution in [3.8, 4) is 0 Å². The number of ether oxygens (including phenoxy) is 1. The number of carboxylic acid groups (broad SMARTS) is 1. The summed E-state index contributed by atoms with van der Waals surface area (Å²) in [5, 5.41) is 12.7. The van der Waals surface area contributed by atoms with Crippen LogP contribution in [-0.2, 0) is 20.7 Å². The predicted octanol–water partition coefficient (Wildman–Crippen LogP) is 1.46. The Balaban J connectivity index is 1.75. The number of halogens is 1. The minimum Gasteiger partial charge on any atom is -0.480 e. The quantitative estimate of drug-likeness (QED) is 0.778. The number of hydrogen-bond acceptors (Lipinski definition) is 3. The highest BCUT2D eigenvalue weighted by molar-refractivity contribution is 5.87. The first-order chi connectivity index (χ1) is 11.0. The van der Waals surface area contributed by atoms with E-state index in [4.69, 9.17) is 4.74 Å². The van der Waals surface area contributed by atoms with E-state index < -0.39 is 12.0 Å². The zero-order valence-corrected chi connectivity index (χ0v) is 12.3. The number of fused-ring (bicyclic) bond motifs is 1. The van der Waals surface area contributed by atoms with Gasteiger partial charge >= 0.3 is 5.97 Å². The lowest BCUT2D eigenvalue weighted by Gasteiger charge is -2.16. The van der Waals surface area contributed by atoms with Crippen LogP contribution in [0.2, 0.25) is 0 Å². The highest BCUT2D eigenvalue weighted by atomic mass is 19.1. The van der Waals surface area contributed by atoms with Gasteiger partial charge in [0, 0.05) is 30.1 Å². The number of amides is 1. The molecular formula is C16H17FN2O4. The molecule has 3 N–H and O–H groups in total. The van der Waals surface area contributed by atoms with Crippen LogP contribution < -0.4 is 5.32 Å². The Kier molecular flexibility index (Phi) is 4.29. The van der Waals surface area contributed by atoms with E-state index in [2.05, 4.69) is 10.3 Å². The summed E-state index contributed by atoms with van der Waals surface area (Å²) in [6, 6.07) is 3.24. The molecular weight excluding hydrogens is 303 g/mol. The van der Waals surface area contributed by atoms with Crippen molar-refractivity contribution >= 4 is 22.8 Å².